The Kier molecular flexibility index (Phi) is 21.4. The number of nitrogens with two attached hydrogens (primary N) is 1. The molecule has 0 bridgehead atoms. The highest BCUT2D eigenvalue weighted by atomic mass is 31.2. The van der Waals surface area contributed by atoms with Gasteiger partial charge >= 0.3 is 7.82 Å². The van der Waals surface area contributed by atoms with Gasteiger partial charge < -0.3 is 71.0 Å². The van der Waals surface area contributed by atoms with Crippen LogP contribution in [0.5, 0.6) is 0 Å². The molecule has 23 nitrogen and oxygen atoms in total. The van der Waals surface area contributed by atoms with Crippen molar-refractivity contribution in [1.82, 2.24) is 35.7 Å². The molecule has 7 atom stereocenters. The summed E-state index contributed by atoms with van der Waals surface area (Å²) < 4.78 is 27.7. The molecule has 1 fully saturated rings. The average Bonchev–Trinajstić information content (AvgIpc) is 3.83. The number of aromatic nitrogens is 2. The molecule has 0 radical (unpaired) electrons. The van der Waals surface area contributed by atoms with E-state index in [0.29, 0.717) is 38.3 Å². The van der Waals surface area contributed by atoms with Gasteiger partial charge in [-0.25, -0.2) is 9.55 Å². The van der Waals surface area contributed by atoms with Crippen LogP contribution in [0.25, 0.3) is 0 Å². The third-order valence-electron chi connectivity index (χ3n) is 9.06. The predicted molar refractivity (Wildman–Crippen MR) is 202 cm³/mol. The fraction of sp³-hybridized carbons (Fsp3) is 0.735. The Hall–Kier alpha value is -4.06. The number of nitrogens with one attached hydrogen (secondary N) is 4. The van der Waals surface area contributed by atoms with E-state index < -0.39 is 93.0 Å². The topological polar surface area (TPSA) is 344 Å². The molecule has 2 rings (SSSR count). The number of carbonyl (C=O) groups is 6. The summed E-state index contributed by atoms with van der Waals surface area (Å²) in [4.78, 5) is 104. The molecule has 0 unspecified atom stereocenters. The number of hydrogen-bond donors (Lipinski definition) is 10. The minimum absolute atomic E-state index is 0.0337. The maximum Gasteiger partial charge on any atom is 0.469 e. The Bertz CT molecular complexity index is 1560. The van der Waals surface area contributed by atoms with Crippen molar-refractivity contribution in [3.8, 4) is 0 Å². The number of phosphoric ester groups is 1. The van der Waals surface area contributed by atoms with Gasteiger partial charge in [-0.1, -0.05) is 13.8 Å². The predicted octanol–water partition coefficient (Wildman–Crippen LogP) is -3.83. The van der Waals surface area contributed by atoms with Gasteiger partial charge in [0.1, 0.15) is 30.2 Å². The molecular weight excluding hydrogens is 791 g/mol. The molecule has 1 saturated heterocycles. The number of aliphatic hydroxyl groups excluding tert-OH is 3. The molecule has 1 aliphatic rings. The van der Waals surface area contributed by atoms with E-state index in [1.54, 1.807) is 18.4 Å². The molecular formula is C34H59N8O15P. The van der Waals surface area contributed by atoms with Gasteiger partial charge in [0.2, 0.25) is 35.4 Å². The van der Waals surface area contributed by atoms with E-state index in [1.165, 1.54) is 24.5 Å². The van der Waals surface area contributed by atoms with Crippen molar-refractivity contribution in [3.05, 3.63) is 18.2 Å². The van der Waals surface area contributed by atoms with E-state index in [1.807, 2.05) is 0 Å². The number of hydrogen-bond acceptors (Lipinski definition) is 14. The Morgan fingerprint density at radius 3 is 2.21 bits per heavy atom. The van der Waals surface area contributed by atoms with Gasteiger partial charge in [0.25, 0.3) is 0 Å². The Labute approximate surface area is 336 Å². The van der Waals surface area contributed by atoms with Gasteiger partial charge in [0.05, 0.1) is 58.0 Å². The first-order valence-corrected chi connectivity index (χ1v) is 20.3. The molecule has 0 aromatic carbocycles. The van der Waals surface area contributed by atoms with E-state index in [2.05, 4.69) is 30.8 Å². The van der Waals surface area contributed by atoms with Crippen LogP contribution in [-0.2, 0) is 60.3 Å². The monoisotopic (exact) mass is 850 g/mol. The molecule has 2 heterocycles. The lowest BCUT2D eigenvalue weighted by atomic mass is 10.0. The molecule has 1 aromatic heterocycles. The average molecular weight is 851 g/mol. The summed E-state index contributed by atoms with van der Waals surface area (Å²) in [6, 6.07) is -7.18. The second kappa shape index (κ2) is 24.8. The van der Waals surface area contributed by atoms with Crippen LogP contribution < -0.4 is 27.0 Å². The number of primary amides is 1. The van der Waals surface area contributed by atoms with Crippen molar-refractivity contribution >= 4 is 43.3 Å². The largest absolute Gasteiger partial charge is 0.469 e. The summed E-state index contributed by atoms with van der Waals surface area (Å²) in [7, 11) is -3.61. The second-order valence-electron chi connectivity index (χ2n) is 14.2. The molecule has 0 saturated carbocycles. The number of aryl methyl sites for hydroxylation is 1. The van der Waals surface area contributed by atoms with Crippen molar-refractivity contribution in [2.75, 3.05) is 46.7 Å². The van der Waals surface area contributed by atoms with Crippen molar-refractivity contribution in [2.24, 2.45) is 11.7 Å². The second-order valence-corrected chi connectivity index (χ2v) is 15.4. The Balaban J connectivity index is 2.34. The van der Waals surface area contributed by atoms with Crippen molar-refractivity contribution in [1.29, 1.82) is 0 Å². The number of likely N-dealkylation sites (tertiary alicyclic amines) is 1. The maximum atomic E-state index is 14.0. The van der Waals surface area contributed by atoms with E-state index >= 15 is 0 Å². The van der Waals surface area contributed by atoms with Gasteiger partial charge in [-0.2, -0.15) is 0 Å². The molecule has 1 aromatic rings. The standard InChI is InChI=1S/C34H59N8O15P/c1-20(2)14-24(38-34(51)27-6-5-9-42(27)28(46)8-11-56-13-12-55-4)31(48)37-25(15-22-16-36-19-41(22)10-7-23(45)17-43)32(49)39-26(18-44)33(50)40-29(30(35)47)21(3)57-58(52,53)54/h16,19-21,23-27,29,43-45H,5-15,17-18H2,1-4H3,(H2,35,47)(H,37,48)(H,38,51)(H,39,49)(H,40,50)(H2,52,53,54)/t21-,23+,24+,25+,26+,27+,29+/m1/s1. The highest BCUT2D eigenvalue weighted by Crippen LogP contribution is 2.38. The molecule has 0 aliphatic carbocycles. The number of carbonyl (C=O) groups excluding carboxylic acids is 6. The zero-order chi connectivity index (χ0) is 43.6. The number of phosphoric acid groups is 1. The normalized spacial score (nSPS) is 17.5. The van der Waals surface area contributed by atoms with E-state index in [9.17, 15) is 48.7 Å². The van der Waals surface area contributed by atoms with Crippen LogP contribution in [0.15, 0.2) is 12.5 Å². The smallest absolute Gasteiger partial charge is 0.394 e. The number of rotatable bonds is 27. The van der Waals surface area contributed by atoms with E-state index in [0.717, 1.165) is 6.92 Å². The summed E-state index contributed by atoms with van der Waals surface area (Å²) in [5.74, 6) is -5.29. The first-order chi connectivity index (χ1) is 27.3. The minimum Gasteiger partial charge on any atom is -0.394 e. The van der Waals surface area contributed by atoms with Gasteiger partial charge in [-0.3, -0.25) is 33.3 Å². The highest BCUT2D eigenvalue weighted by Gasteiger charge is 2.38. The van der Waals surface area contributed by atoms with Crippen LogP contribution >= 0.6 is 7.82 Å². The van der Waals surface area contributed by atoms with Gasteiger partial charge in [-0.05, 0) is 38.5 Å². The number of amides is 6. The minimum atomic E-state index is -5.14. The Morgan fingerprint density at radius 1 is 0.948 bits per heavy atom. The number of aliphatic hydroxyl groups is 3. The third-order valence-corrected chi connectivity index (χ3v) is 9.67. The Morgan fingerprint density at radius 2 is 1.60 bits per heavy atom. The van der Waals surface area contributed by atoms with Gasteiger partial charge in [-0.15, -0.1) is 0 Å². The highest BCUT2D eigenvalue weighted by molar-refractivity contribution is 7.46. The summed E-state index contributed by atoms with van der Waals surface area (Å²) in [6.45, 7) is 4.37. The van der Waals surface area contributed by atoms with Crippen molar-refractivity contribution in [3.63, 3.8) is 0 Å². The van der Waals surface area contributed by atoms with Crippen LogP contribution in [0, 0.1) is 5.92 Å². The molecule has 330 valence electrons. The van der Waals surface area contributed by atoms with Crippen LogP contribution in [0.1, 0.15) is 58.6 Å². The third kappa shape index (κ3) is 17.0. The van der Waals surface area contributed by atoms with Gasteiger partial charge in [0.15, 0.2) is 0 Å². The quantitative estimate of drug-likeness (QED) is 0.0299. The lowest BCUT2D eigenvalue weighted by Crippen LogP contribution is -2.61. The number of methoxy groups -OCH3 is 1. The van der Waals surface area contributed by atoms with Crippen molar-refractivity contribution in [2.45, 2.75) is 108 Å². The van der Waals surface area contributed by atoms with Crippen LogP contribution in [-0.4, -0.2) is 164 Å². The zero-order valence-corrected chi connectivity index (χ0v) is 34.0. The number of imidazole rings is 1. The molecule has 11 N–H and O–H groups in total. The lowest BCUT2D eigenvalue weighted by molar-refractivity contribution is -0.140. The molecule has 58 heavy (non-hydrogen) atoms. The SMILES string of the molecule is COCCOCCC(=O)N1CCC[C@H]1C(=O)N[C@@H](CC(C)C)C(=O)N[C@@H](Cc1cncn1CC[C@H](O)CO)C(=O)N[C@@H](CO)C(=O)N[C@H](C(N)=O)[C@@H](C)OP(=O)(O)O. The fourth-order valence-electron chi connectivity index (χ4n) is 6.06. The molecule has 0 spiro atoms. The van der Waals surface area contributed by atoms with Crippen LogP contribution in [0.3, 0.4) is 0 Å². The number of nitrogens with zero attached hydrogens (tertiary/aromatic N) is 3. The number of ether oxygens (including phenoxy) is 2. The maximum absolute atomic E-state index is 14.0. The first kappa shape index (κ1) is 50.1. The van der Waals surface area contributed by atoms with E-state index in [-0.39, 0.29) is 50.7 Å². The molecule has 1 aliphatic heterocycles. The van der Waals surface area contributed by atoms with Crippen LogP contribution in [0.2, 0.25) is 0 Å². The summed E-state index contributed by atoms with van der Waals surface area (Å²) in [5.41, 5.74) is 5.67. The summed E-state index contributed by atoms with van der Waals surface area (Å²) in [6.07, 6.45) is 0.958. The lowest BCUT2D eigenvalue weighted by Gasteiger charge is -2.29. The molecule has 6 amide bonds. The van der Waals surface area contributed by atoms with E-state index in [4.69, 9.17) is 25.0 Å². The van der Waals surface area contributed by atoms with Crippen molar-refractivity contribution < 1.29 is 72.4 Å². The van der Waals surface area contributed by atoms with Crippen LogP contribution in [0.4, 0.5) is 0 Å². The van der Waals surface area contributed by atoms with Gasteiger partial charge in [0, 0.05) is 38.5 Å². The molecule has 24 heteroatoms. The first-order valence-electron chi connectivity index (χ1n) is 18.8. The summed E-state index contributed by atoms with van der Waals surface area (Å²) in [5, 5.41) is 39.0. The summed E-state index contributed by atoms with van der Waals surface area (Å²) >= 11 is 0. The zero-order valence-electron chi connectivity index (χ0n) is 33.2. The fourth-order valence-corrected chi connectivity index (χ4v) is 6.62.